The van der Waals surface area contributed by atoms with E-state index in [0.717, 1.165) is 11.3 Å². The Hall–Kier alpha value is -3.13. The highest BCUT2D eigenvalue weighted by Gasteiger charge is 2.18. The number of nitrogens with zero attached hydrogens (tertiary/aromatic N) is 3. The van der Waals surface area contributed by atoms with E-state index < -0.39 is 5.91 Å². The second-order valence-electron chi connectivity index (χ2n) is 4.63. The van der Waals surface area contributed by atoms with E-state index in [1.807, 2.05) is 18.2 Å². The van der Waals surface area contributed by atoms with E-state index in [9.17, 15) is 4.79 Å². The fourth-order valence-corrected chi connectivity index (χ4v) is 2.39. The van der Waals surface area contributed by atoms with Gasteiger partial charge in [0.15, 0.2) is 17.1 Å². The number of hydrogen-bond acceptors (Lipinski definition) is 6. The summed E-state index contributed by atoms with van der Waals surface area (Å²) in [6.07, 6.45) is 2.93. The van der Waals surface area contributed by atoms with Gasteiger partial charge < -0.3 is 9.47 Å². The third kappa shape index (κ3) is 1.78. The van der Waals surface area contributed by atoms with Crippen LogP contribution in [0.5, 0.6) is 11.5 Å². The average molecular weight is 298 g/mol. The average Bonchev–Trinajstić information content (AvgIpc) is 3.19. The molecule has 1 amide bonds. The summed E-state index contributed by atoms with van der Waals surface area (Å²) >= 11 is 0. The lowest BCUT2D eigenvalue weighted by molar-refractivity contribution is 0.0708. The third-order valence-corrected chi connectivity index (χ3v) is 3.42. The molecule has 110 valence electrons. The van der Waals surface area contributed by atoms with Crippen molar-refractivity contribution >= 4 is 11.6 Å². The lowest BCUT2D eigenvalue weighted by atomic mass is 10.1. The summed E-state index contributed by atoms with van der Waals surface area (Å²) in [4.78, 5) is 15.7. The fraction of sp³-hybridized carbons (Fsp3) is 0.0714. The molecule has 0 unspecified atom stereocenters. The topological polar surface area (TPSA) is 98.0 Å². The van der Waals surface area contributed by atoms with Gasteiger partial charge in [0.25, 0.3) is 5.91 Å². The molecule has 8 nitrogen and oxygen atoms in total. The number of hydroxylamine groups is 1. The maximum Gasteiger partial charge on any atom is 0.280 e. The van der Waals surface area contributed by atoms with Gasteiger partial charge in [-0.3, -0.25) is 10.0 Å². The highest BCUT2D eigenvalue weighted by molar-refractivity contribution is 5.99. The predicted octanol–water partition coefficient (Wildman–Crippen LogP) is 1.24. The molecular formula is C14H10N4O4. The van der Waals surface area contributed by atoms with Crippen LogP contribution in [0.2, 0.25) is 0 Å². The van der Waals surface area contributed by atoms with Crippen molar-refractivity contribution in [3.63, 3.8) is 0 Å². The van der Waals surface area contributed by atoms with Crippen LogP contribution >= 0.6 is 0 Å². The minimum Gasteiger partial charge on any atom is -0.454 e. The van der Waals surface area contributed by atoms with Crippen LogP contribution in [0.15, 0.2) is 36.7 Å². The molecule has 1 aliphatic rings. The zero-order valence-electron chi connectivity index (χ0n) is 11.2. The summed E-state index contributed by atoms with van der Waals surface area (Å²) in [6, 6.07) is 7.30. The SMILES string of the molecule is O=C(NO)c1cnn2c(-c3ccc4c(c3)OCO4)ccnc12. The van der Waals surface area contributed by atoms with E-state index in [1.165, 1.54) is 10.7 Å². The molecule has 0 atom stereocenters. The van der Waals surface area contributed by atoms with Gasteiger partial charge in [-0.15, -0.1) is 0 Å². The molecule has 0 saturated heterocycles. The first kappa shape index (κ1) is 12.6. The largest absolute Gasteiger partial charge is 0.454 e. The van der Waals surface area contributed by atoms with Crippen LogP contribution in [0.4, 0.5) is 0 Å². The zero-order valence-corrected chi connectivity index (χ0v) is 11.2. The highest BCUT2D eigenvalue weighted by atomic mass is 16.7. The molecule has 3 aromatic rings. The van der Waals surface area contributed by atoms with Crippen molar-refractivity contribution in [1.29, 1.82) is 0 Å². The third-order valence-electron chi connectivity index (χ3n) is 3.42. The Morgan fingerprint density at radius 1 is 1.27 bits per heavy atom. The number of carbonyl (C=O) groups is 1. The van der Waals surface area contributed by atoms with Crippen LogP contribution in [0.1, 0.15) is 10.4 Å². The molecule has 3 heterocycles. The number of ether oxygens (including phenoxy) is 2. The van der Waals surface area contributed by atoms with Gasteiger partial charge in [-0.1, -0.05) is 0 Å². The van der Waals surface area contributed by atoms with Gasteiger partial charge in [-0.2, -0.15) is 5.10 Å². The Balaban J connectivity index is 1.89. The van der Waals surface area contributed by atoms with E-state index in [2.05, 4.69) is 10.1 Å². The van der Waals surface area contributed by atoms with Crippen molar-refractivity contribution < 1.29 is 19.5 Å². The van der Waals surface area contributed by atoms with Crippen molar-refractivity contribution in [3.05, 3.63) is 42.2 Å². The number of fused-ring (bicyclic) bond motifs is 2. The molecule has 2 N–H and O–H groups in total. The summed E-state index contributed by atoms with van der Waals surface area (Å²) in [5.41, 5.74) is 3.70. The van der Waals surface area contributed by atoms with E-state index in [-0.39, 0.29) is 12.4 Å². The molecule has 22 heavy (non-hydrogen) atoms. The molecule has 0 bridgehead atoms. The van der Waals surface area contributed by atoms with E-state index in [1.54, 1.807) is 17.7 Å². The molecule has 2 aromatic heterocycles. The molecule has 0 aliphatic carbocycles. The minimum absolute atomic E-state index is 0.185. The summed E-state index contributed by atoms with van der Waals surface area (Å²) < 4.78 is 12.2. The monoisotopic (exact) mass is 298 g/mol. The molecule has 0 radical (unpaired) electrons. The Morgan fingerprint density at radius 2 is 2.14 bits per heavy atom. The van der Waals surface area contributed by atoms with Crippen molar-refractivity contribution in [2.45, 2.75) is 0 Å². The van der Waals surface area contributed by atoms with E-state index in [4.69, 9.17) is 14.7 Å². The van der Waals surface area contributed by atoms with Crippen molar-refractivity contribution in [3.8, 4) is 22.8 Å². The fourth-order valence-electron chi connectivity index (χ4n) is 2.39. The highest BCUT2D eigenvalue weighted by Crippen LogP contribution is 2.35. The van der Waals surface area contributed by atoms with Crippen molar-refractivity contribution in [2.75, 3.05) is 6.79 Å². The van der Waals surface area contributed by atoms with Crippen LogP contribution < -0.4 is 15.0 Å². The Kier molecular flexibility index (Phi) is 2.70. The first-order chi connectivity index (χ1) is 10.8. The Morgan fingerprint density at radius 3 is 3.00 bits per heavy atom. The van der Waals surface area contributed by atoms with Gasteiger partial charge in [-0.05, 0) is 24.3 Å². The maximum atomic E-state index is 11.6. The number of hydrogen-bond donors (Lipinski definition) is 2. The minimum atomic E-state index is -0.662. The summed E-state index contributed by atoms with van der Waals surface area (Å²) in [7, 11) is 0. The molecule has 0 spiro atoms. The van der Waals surface area contributed by atoms with Gasteiger partial charge in [-0.25, -0.2) is 15.0 Å². The van der Waals surface area contributed by atoms with Crippen molar-refractivity contribution in [2.24, 2.45) is 0 Å². The first-order valence-electron chi connectivity index (χ1n) is 6.45. The van der Waals surface area contributed by atoms with Crippen LogP contribution in [0, 0.1) is 0 Å². The lowest BCUT2D eigenvalue weighted by Crippen LogP contribution is -2.18. The maximum absolute atomic E-state index is 11.6. The normalized spacial score (nSPS) is 12.6. The number of aromatic nitrogens is 3. The number of nitrogens with one attached hydrogen (secondary N) is 1. The zero-order chi connectivity index (χ0) is 15.1. The summed E-state index contributed by atoms with van der Waals surface area (Å²) in [6.45, 7) is 0.202. The number of rotatable bonds is 2. The van der Waals surface area contributed by atoms with E-state index >= 15 is 0 Å². The Labute approximate surface area is 123 Å². The standard InChI is InChI=1S/C14H10N4O4/c19-14(17-20)9-6-16-18-10(3-4-15-13(9)18)8-1-2-11-12(5-8)22-7-21-11/h1-6,20H,7H2,(H,17,19). The van der Waals surface area contributed by atoms with Gasteiger partial charge >= 0.3 is 0 Å². The molecule has 1 aliphatic heterocycles. The first-order valence-corrected chi connectivity index (χ1v) is 6.45. The Bertz CT molecular complexity index is 890. The number of carbonyl (C=O) groups excluding carboxylic acids is 1. The van der Waals surface area contributed by atoms with Crippen LogP contribution in [-0.4, -0.2) is 32.5 Å². The van der Waals surface area contributed by atoms with Gasteiger partial charge in [0.1, 0.15) is 5.56 Å². The van der Waals surface area contributed by atoms with Crippen molar-refractivity contribution in [1.82, 2.24) is 20.1 Å². The molecule has 4 rings (SSSR count). The van der Waals surface area contributed by atoms with Gasteiger partial charge in [0.2, 0.25) is 6.79 Å². The molecule has 1 aromatic carbocycles. The molecule has 0 fully saturated rings. The number of amides is 1. The predicted molar refractivity (Wildman–Crippen MR) is 73.8 cm³/mol. The molecule has 8 heteroatoms. The second kappa shape index (κ2) is 4.71. The molecular weight excluding hydrogens is 288 g/mol. The van der Waals surface area contributed by atoms with Gasteiger partial charge in [0, 0.05) is 11.8 Å². The summed E-state index contributed by atoms with van der Waals surface area (Å²) in [5.74, 6) is 0.683. The second-order valence-corrected chi connectivity index (χ2v) is 4.63. The van der Waals surface area contributed by atoms with Gasteiger partial charge in [0.05, 0.1) is 11.9 Å². The van der Waals surface area contributed by atoms with Crippen LogP contribution in [0.3, 0.4) is 0 Å². The number of benzene rings is 1. The van der Waals surface area contributed by atoms with E-state index in [0.29, 0.717) is 17.1 Å². The van der Waals surface area contributed by atoms with Crippen LogP contribution in [0.25, 0.3) is 16.9 Å². The molecule has 0 saturated carbocycles. The lowest BCUT2D eigenvalue weighted by Gasteiger charge is -2.06. The quantitative estimate of drug-likeness (QED) is 0.545. The summed E-state index contributed by atoms with van der Waals surface area (Å²) in [5, 5.41) is 12.9. The van der Waals surface area contributed by atoms with Crippen LogP contribution in [-0.2, 0) is 0 Å². The smallest absolute Gasteiger partial charge is 0.280 e.